The van der Waals surface area contributed by atoms with E-state index in [4.69, 9.17) is 0 Å². The standard InChI is InChI=1S/C8H15N2.C2F6NO4S2/c1-3-6-10(4-2)7-5-9-8-10;3-1(4,5)14(10,11)9-15(12,13)2(6,7)8/h5,7-8H,3-4,6H2,1-2H3;/q+1;-1. The molecule has 0 aromatic carbocycles. The topological polar surface area (TPSA) is 94.7 Å². The van der Waals surface area contributed by atoms with Gasteiger partial charge in [-0.15, -0.1) is 0 Å². The first kappa shape index (κ1) is 23.8. The Bertz CT molecular complexity index is 656. The van der Waals surface area contributed by atoms with Crippen LogP contribution in [0.2, 0.25) is 0 Å². The number of halogens is 6. The molecule has 15 heteroatoms. The third-order valence-corrected chi connectivity index (χ3v) is 5.50. The second kappa shape index (κ2) is 8.01. The van der Waals surface area contributed by atoms with E-state index < -0.39 is 31.1 Å². The summed E-state index contributed by atoms with van der Waals surface area (Å²) in [5.74, 6) is 0. The van der Waals surface area contributed by atoms with Gasteiger partial charge in [0.2, 0.25) is 0 Å². The van der Waals surface area contributed by atoms with Gasteiger partial charge in [0.05, 0.1) is 19.3 Å². The average Bonchev–Trinajstić information content (AvgIpc) is 2.85. The molecule has 0 radical (unpaired) electrons. The van der Waals surface area contributed by atoms with Crippen molar-refractivity contribution in [3.8, 4) is 0 Å². The smallest absolute Gasteiger partial charge is 0.421 e. The quantitative estimate of drug-likeness (QED) is 0.506. The van der Waals surface area contributed by atoms with Crippen molar-refractivity contribution in [1.29, 1.82) is 0 Å². The van der Waals surface area contributed by atoms with Crippen LogP contribution in [0.1, 0.15) is 20.3 Å². The number of rotatable bonds is 5. The fourth-order valence-electron chi connectivity index (χ4n) is 1.49. The summed E-state index contributed by atoms with van der Waals surface area (Å²) in [6.07, 6.45) is 7.27. The Labute approximate surface area is 140 Å². The van der Waals surface area contributed by atoms with Gasteiger partial charge >= 0.3 is 11.0 Å². The summed E-state index contributed by atoms with van der Waals surface area (Å²) in [5, 5.41) is 0. The highest BCUT2D eigenvalue weighted by atomic mass is 32.3. The van der Waals surface area contributed by atoms with Crippen molar-refractivity contribution in [2.75, 3.05) is 13.1 Å². The highest BCUT2D eigenvalue weighted by molar-refractivity contribution is 8.13. The Morgan fingerprint density at radius 3 is 1.64 bits per heavy atom. The number of sulfonamides is 2. The number of alkyl halides is 6. The first-order valence-corrected chi connectivity index (χ1v) is 9.37. The summed E-state index contributed by atoms with van der Waals surface area (Å²) in [7, 11) is -13.4. The maximum atomic E-state index is 11.4. The first-order chi connectivity index (χ1) is 11.0. The van der Waals surface area contributed by atoms with Crippen LogP contribution in [0.15, 0.2) is 17.4 Å². The van der Waals surface area contributed by atoms with E-state index in [1.807, 2.05) is 12.5 Å². The SMILES string of the molecule is CCC[N+]1(CC)C=CN=C1.O=S(=O)([N-]S(=O)(=O)C(F)(F)F)C(F)(F)F. The normalized spacial score (nSPS) is 21.1. The lowest BCUT2D eigenvalue weighted by Gasteiger charge is -2.24. The van der Waals surface area contributed by atoms with Crippen LogP contribution in [-0.4, -0.2) is 51.8 Å². The fourth-order valence-corrected chi connectivity index (χ4v) is 3.20. The molecule has 0 bridgehead atoms. The van der Waals surface area contributed by atoms with Gasteiger partial charge in [-0.25, -0.2) is 21.8 Å². The first-order valence-electron chi connectivity index (χ1n) is 6.49. The van der Waals surface area contributed by atoms with E-state index in [2.05, 4.69) is 25.0 Å². The molecule has 0 N–H and O–H groups in total. The molecule has 0 saturated heterocycles. The Morgan fingerprint density at radius 1 is 0.960 bits per heavy atom. The molecule has 1 aliphatic rings. The lowest BCUT2D eigenvalue weighted by molar-refractivity contribution is -0.777. The summed E-state index contributed by atoms with van der Waals surface area (Å²) in [5.41, 5.74) is -12.4. The molecule has 1 atom stereocenters. The van der Waals surface area contributed by atoms with E-state index in [1.54, 1.807) is 0 Å². The zero-order chi connectivity index (χ0) is 20.2. The van der Waals surface area contributed by atoms with Gasteiger partial charge in [-0.1, -0.05) is 6.92 Å². The fraction of sp³-hybridized carbons (Fsp3) is 0.700. The summed E-state index contributed by atoms with van der Waals surface area (Å²) in [6.45, 7) is 6.69. The Hall–Kier alpha value is -1.19. The second-order valence-electron chi connectivity index (χ2n) is 4.62. The Balaban J connectivity index is 0.000000496. The minimum absolute atomic E-state index is 0.778. The van der Waals surface area contributed by atoms with Crippen LogP contribution in [-0.2, 0) is 20.0 Å². The van der Waals surface area contributed by atoms with Crippen molar-refractivity contribution in [2.45, 2.75) is 31.3 Å². The van der Waals surface area contributed by atoms with Gasteiger partial charge in [-0.2, -0.15) is 26.3 Å². The minimum atomic E-state index is -6.72. The molecule has 0 aromatic heterocycles. The molecular formula is C10H15F6N3O4S2. The minimum Gasteiger partial charge on any atom is -0.421 e. The summed E-state index contributed by atoms with van der Waals surface area (Å²) in [6, 6.07) is 0. The molecule has 1 unspecified atom stereocenters. The van der Waals surface area contributed by atoms with E-state index >= 15 is 0 Å². The number of hydrogen-bond acceptors (Lipinski definition) is 5. The average molecular weight is 419 g/mol. The van der Waals surface area contributed by atoms with E-state index in [-0.39, 0.29) is 0 Å². The monoisotopic (exact) mass is 419 g/mol. The number of nitrogens with zero attached hydrogens (tertiary/aromatic N) is 3. The van der Waals surface area contributed by atoms with Crippen LogP contribution in [0.3, 0.4) is 0 Å². The Morgan fingerprint density at radius 2 is 1.40 bits per heavy atom. The molecule has 0 saturated carbocycles. The van der Waals surface area contributed by atoms with Gasteiger partial charge in [0.25, 0.3) is 0 Å². The molecule has 25 heavy (non-hydrogen) atoms. The van der Waals surface area contributed by atoms with Crippen molar-refractivity contribution in [2.24, 2.45) is 4.99 Å². The van der Waals surface area contributed by atoms with Crippen molar-refractivity contribution < 1.29 is 47.7 Å². The summed E-state index contributed by atoms with van der Waals surface area (Å²) >= 11 is 0. The third kappa shape index (κ3) is 6.56. The number of hydrogen-bond donors (Lipinski definition) is 0. The van der Waals surface area contributed by atoms with Crippen molar-refractivity contribution in [3.05, 3.63) is 16.5 Å². The molecule has 0 fully saturated rings. The van der Waals surface area contributed by atoms with E-state index in [0.29, 0.717) is 0 Å². The predicted octanol–water partition coefficient (Wildman–Crippen LogP) is 2.81. The molecular weight excluding hydrogens is 404 g/mol. The maximum Gasteiger partial charge on any atom is 0.480 e. The zero-order valence-corrected chi connectivity index (χ0v) is 14.5. The van der Waals surface area contributed by atoms with Gasteiger partial charge in [0.1, 0.15) is 6.20 Å². The van der Waals surface area contributed by atoms with E-state index in [1.165, 1.54) is 13.0 Å². The predicted molar refractivity (Wildman–Crippen MR) is 76.9 cm³/mol. The molecule has 1 heterocycles. The maximum absolute atomic E-state index is 11.4. The highest BCUT2D eigenvalue weighted by Crippen LogP contribution is 2.36. The van der Waals surface area contributed by atoms with Gasteiger partial charge in [0.15, 0.2) is 26.4 Å². The lowest BCUT2D eigenvalue weighted by Crippen LogP contribution is -2.39. The molecule has 0 amide bonds. The van der Waals surface area contributed by atoms with Crippen LogP contribution in [0.25, 0.3) is 4.13 Å². The molecule has 148 valence electrons. The van der Waals surface area contributed by atoms with Gasteiger partial charge in [0, 0.05) is 0 Å². The number of quaternary nitrogens is 1. The summed E-state index contributed by atoms with van der Waals surface area (Å²) in [4.78, 5) is 4.09. The van der Waals surface area contributed by atoms with Gasteiger partial charge < -0.3 is 4.13 Å². The lowest BCUT2D eigenvalue weighted by atomic mass is 10.3. The summed E-state index contributed by atoms with van der Waals surface area (Å²) < 4.78 is 110. The van der Waals surface area contributed by atoms with Crippen molar-refractivity contribution in [3.63, 3.8) is 0 Å². The van der Waals surface area contributed by atoms with Crippen LogP contribution >= 0.6 is 0 Å². The largest absolute Gasteiger partial charge is 0.480 e. The highest BCUT2D eigenvalue weighted by Gasteiger charge is 2.46. The second-order valence-corrected chi connectivity index (χ2v) is 8.04. The molecule has 1 rings (SSSR count). The molecule has 0 aromatic rings. The molecule has 0 spiro atoms. The van der Waals surface area contributed by atoms with Crippen molar-refractivity contribution in [1.82, 2.24) is 0 Å². The van der Waals surface area contributed by atoms with E-state index in [0.717, 1.165) is 15.2 Å². The van der Waals surface area contributed by atoms with E-state index in [9.17, 15) is 43.2 Å². The van der Waals surface area contributed by atoms with Gasteiger partial charge in [-0.3, -0.25) is 4.48 Å². The van der Waals surface area contributed by atoms with Crippen LogP contribution in [0.5, 0.6) is 0 Å². The molecule has 7 nitrogen and oxygen atoms in total. The third-order valence-electron chi connectivity index (χ3n) is 2.76. The van der Waals surface area contributed by atoms with Crippen LogP contribution in [0, 0.1) is 0 Å². The molecule has 1 aliphatic heterocycles. The van der Waals surface area contributed by atoms with Crippen molar-refractivity contribution >= 4 is 26.4 Å². The van der Waals surface area contributed by atoms with Crippen LogP contribution < -0.4 is 0 Å². The van der Waals surface area contributed by atoms with Crippen LogP contribution in [0.4, 0.5) is 26.3 Å². The zero-order valence-electron chi connectivity index (χ0n) is 12.9. The van der Waals surface area contributed by atoms with Gasteiger partial charge in [-0.05, 0) is 13.3 Å². The number of aliphatic imine (C=N–C) groups is 1. The Kier molecular flexibility index (Phi) is 7.63. The molecule has 0 aliphatic carbocycles.